The lowest BCUT2D eigenvalue weighted by molar-refractivity contribution is 0.0771. The van der Waals surface area contributed by atoms with Gasteiger partial charge in [0.05, 0.1) is 13.3 Å². The van der Waals surface area contributed by atoms with E-state index in [1.807, 2.05) is 24.3 Å². The summed E-state index contributed by atoms with van der Waals surface area (Å²) in [5, 5.41) is 6.51. The molecular weight excluding hydrogens is 302 g/mol. The number of para-hydroxylation sites is 2. The third-order valence-electron chi connectivity index (χ3n) is 5.51. The van der Waals surface area contributed by atoms with Crippen LogP contribution in [0.1, 0.15) is 33.1 Å². The number of anilines is 1. The van der Waals surface area contributed by atoms with Crippen molar-refractivity contribution in [2.45, 2.75) is 39.2 Å². The average Bonchev–Trinajstić information content (AvgIpc) is 3.00. The van der Waals surface area contributed by atoms with Crippen LogP contribution in [0.4, 0.5) is 6.01 Å². The number of nitrogens with zero attached hydrogens (tertiary/aromatic N) is 3. The van der Waals surface area contributed by atoms with Gasteiger partial charge in [0, 0.05) is 6.04 Å². The maximum absolute atomic E-state index is 5.69. The van der Waals surface area contributed by atoms with Gasteiger partial charge in [-0.3, -0.25) is 10.2 Å². The van der Waals surface area contributed by atoms with E-state index in [-0.39, 0.29) is 0 Å². The van der Waals surface area contributed by atoms with Crippen LogP contribution < -0.4 is 10.6 Å². The molecule has 6 nitrogen and oxygen atoms in total. The van der Waals surface area contributed by atoms with Gasteiger partial charge in [0.2, 0.25) is 5.96 Å². The first kappa shape index (κ1) is 15.4. The zero-order valence-corrected chi connectivity index (χ0v) is 14.3. The van der Waals surface area contributed by atoms with Crippen LogP contribution in [-0.4, -0.2) is 35.2 Å². The molecule has 24 heavy (non-hydrogen) atoms. The van der Waals surface area contributed by atoms with Crippen molar-refractivity contribution in [3.63, 3.8) is 0 Å². The minimum atomic E-state index is 0.482. The van der Waals surface area contributed by atoms with Crippen LogP contribution >= 0.6 is 0 Å². The predicted molar refractivity (Wildman–Crippen MR) is 95.7 cm³/mol. The van der Waals surface area contributed by atoms with E-state index in [1.165, 1.54) is 19.3 Å². The molecule has 3 atom stereocenters. The van der Waals surface area contributed by atoms with Crippen molar-refractivity contribution in [3.8, 4) is 0 Å². The Morgan fingerprint density at radius 3 is 2.92 bits per heavy atom. The number of hydrogen-bond donors (Lipinski definition) is 2. The molecule has 1 aromatic heterocycles. The molecule has 2 N–H and O–H groups in total. The Morgan fingerprint density at radius 1 is 1.25 bits per heavy atom. The lowest BCUT2D eigenvalue weighted by Crippen LogP contribution is -2.53. The summed E-state index contributed by atoms with van der Waals surface area (Å²) in [6.45, 7) is 6.28. The van der Waals surface area contributed by atoms with Crippen LogP contribution in [0.3, 0.4) is 0 Å². The topological polar surface area (TPSA) is 65.7 Å². The molecule has 2 heterocycles. The molecule has 0 spiro atoms. The van der Waals surface area contributed by atoms with Crippen LogP contribution in [0.2, 0.25) is 0 Å². The van der Waals surface area contributed by atoms with Crippen LogP contribution in [0.25, 0.3) is 11.1 Å². The zero-order chi connectivity index (χ0) is 16.5. The molecule has 0 bridgehead atoms. The predicted octanol–water partition coefficient (Wildman–Crippen LogP) is 3.24. The lowest BCUT2D eigenvalue weighted by atomic mass is 9.77. The number of fused-ring (bicyclic) bond motifs is 1. The second-order valence-corrected chi connectivity index (χ2v) is 7.02. The van der Waals surface area contributed by atoms with Crippen molar-refractivity contribution in [3.05, 3.63) is 24.3 Å². The van der Waals surface area contributed by atoms with Crippen molar-refractivity contribution in [1.29, 1.82) is 0 Å². The Hall–Kier alpha value is -2.08. The first-order valence-corrected chi connectivity index (χ1v) is 8.85. The van der Waals surface area contributed by atoms with Gasteiger partial charge in [-0.15, -0.1) is 0 Å². The standard InChI is InChI=1S/C18H25N5O/c1-12-6-5-8-15(13(12)2)23-10-19-17(20-11-23)22-18-21-14-7-3-4-9-16(14)24-18/h3-4,7,9,12-13,15H,5-6,8,10-11H2,1-2H3,(H2,19,20,21,22)/t12-,13-,15-/m1/s1. The molecule has 0 saturated heterocycles. The Labute approximate surface area is 142 Å². The first-order chi connectivity index (χ1) is 11.7. The van der Waals surface area contributed by atoms with Crippen molar-refractivity contribution in [2.24, 2.45) is 16.8 Å². The van der Waals surface area contributed by atoms with Crippen LogP contribution in [0.15, 0.2) is 33.7 Å². The molecule has 1 aliphatic carbocycles. The fourth-order valence-corrected chi connectivity index (χ4v) is 3.85. The molecule has 1 saturated carbocycles. The smallest absolute Gasteiger partial charge is 0.302 e. The molecule has 128 valence electrons. The molecule has 1 aliphatic heterocycles. The van der Waals surface area contributed by atoms with Gasteiger partial charge >= 0.3 is 6.01 Å². The number of benzene rings is 1. The van der Waals surface area contributed by atoms with Crippen molar-refractivity contribution in [2.75, 3.05) is 18.7 Å². The van der Waals surface area contributed by atoms with Crippen molar-refractivity contribution in [1.82, 2.24) is 15.2 Å². The van der Waals surface area contributed by atoms with Crippen LogP contribution in [0.5, 0.6) is 0 Å². The summed E-state index contributed by atoms with van der Waals surface area (Å²) in [5.74, 6) is 2.25. The maximum atomic E-state index is 5.69. The molecule has 0 radical (unpaired) electrons. The number of oxazole rings is 1. The molecule has 1 fully saturated rings. The van der Waals surface area contributed by atoms with Crippen molar-refractivity contribution >= 4 is 23.1 Å². The summed E-state index contributed by atoms with van der Waals surface area (Å²) in [6.07, 6.45) is 3.95. The van der Waals surface area contributed by atoms with E-state index in [0.717, 1.165) is 42.2 Å². The highest BCUT2D eigenvalue weighted by Crippen LogP contribution is 2.32. The number of aliphatic imine (C=N–C) groups is 1. The molecule has 6 heteroatoms. The van der Waals surface area contributed by atoms with Gasteiger partial charge in [0.15, 0.2) is 5.58 Å². The minimum absolute atomic E-state index is 0.482. The third kappa shape index (κ3) is 2.98. The van der Waals surface area contributed by atoms with Gasteiger partial charge in [-0.1, -0.05) is 38.8 Å². The highest BCUT2D eigenvalue weighted by atomic mass is 16.4. The highest BCUT2D eigenvalue weighted by Gasteiger charge is 2.32. The summed E-state index contributed by atoms with van der Waals surface area (Å²) in [4.78, 5) is 11.5. The quantitative estimate of drug-likeness (QED) is 0.886. The summed E-state index contributed by atoms with van der Waals surface area (Å²) >= 11 is 0. The molecule has 2 aliphatic rings. The maximum Gasteiger partial charge on any atom is 0.302 e. The number of rotatable bonds is 2. The average molecular weight is 327 g/mol. The Bertz CT molecular complexity index is 707. The SMILES string of the molecule is C[C@@H]1[C@H](C)CCC[C@H]1N1CN=C(Nc2nc3ccccc3o2)NC1. The van der Waals surface area contributed by atoms with E-state index >= 15 is 0 Å². The molecule has 2 aromatic rings. The van der Waals surface area contributed by atoms with Gasteiger partial charge in [-0.25, -0.2) is 4.99 Å². The second-order valence-electron chi connectivity index (χ2n) is 7.02. The molecule has 0 unspecified atom stereocenters. The lowest BCUT2D eigenvalue weighted by Gasteiger charge is -2.42. The Balaban J connectivity index is 1.41. The van der Waals surface area contributed by atoms with Gasteiger partial charge in [0.1, 0.15) is 5.52 Å². The van der Waals surface area contributed by atoms with E-state index in [0.29, 0.717) is 12.1 Å². The molecule has 0 amide bonds. The third-order valence-corrected chi connectivity index (χ3v) is 5.51. The first-order valence-electron chi connectivity index (χ1n) is 8.85. The molecule has 4 rings (SSSR count). The van der Waals surface area contributed by atoms with Crippen molar-refractivity contribution < 1.29 is 4.42 Å². The van der Waals surface area contributed by atoms with Gasteiger partial charge < -0.3 is 9.73 Å². The van der Waals surface area contributed by atoms with Gasteiger partial charge in [-0.05, 0) is 30.4 Å². The number of nitrogens with one attached hydrogen (secondary N) is 2. The van der Waals surface area contributed by atoms with E-state index in [4.69, 9.17) is 4.42 Å². The summed E-state index contributed by atoms with van der Waals surface area (Å²) in [5.41, 5.74) is 1.63. The fourth-order valence-electron chi connectivity index (χ4n) is 3.85. The van der Waals surface area contributed by atoms with Gasteiger partial charge in [0.25, 0.3) is 0 Å². The Kier molecular flexibility index (Phi) is 4.14. The Morgan fingerprint density at radius 2 is 2.12 bits per heavy atom. The normalized spacial score (nSPS) is 28.4. The summed E-state index contributed by atoms with van der Waals surface area (Å²) < 4.78 is 5.69. The monoisotopic (exact) mass is 327 g/mol. The number of aromatic nitrogens is 1. The van der Waals surface area contributed by atoms with E-state index in [1.54, 1.807) is 0 Å². The van der Waals surface area contributed by atoms with E-state index in [9.17, 15) is 0 Å². The molecule has 1 aromatic carbocycles. The highest BCUT2D eigenvalue weighted by molar-refractivity contribution is 5.93. The number of hydrogen-bond acceptors (Lipinski definition) is 6. The van der Waals surface area contributed by atoms with Crippen LogP contribution in [0, 0.1) is 11.8 Å². The minimum Gasteiger partial charge on any atom is -0.423 e. The molecular formula is C18H25N5O. The van der Waals surface area contributed by atoms with Gasteiger partial charge in [-0.2, -0.15) is 4.98 Å². The summed E-state index contributed by atoms with van der Waals surface area (Å²) in [7, 11) is 0. The van der Waals surface area contributed by atoms with Crippen LogP contribution in [-0.2, 0) is 0 Å². The van der Waals surface area contributed by atoms with E-state index < -0.39 is 0 Å². The van der Waals surface area contributed by atoms with E-state index in [2.05, 4.69) is 39.4 Å². The largest absolute Gasteiger partial charge is 0.423 e. The second kappa shape index (κ2) is 6.43. The fraction of sp³-hybridized carbons (Fsp3) is 0.556. The number of guanidine groups is 1. The summed E-state index contributed by atoms with van der Waals surface area (Å²) in [6, 6.07) is 8.85. The zero-order valence-electron chi connectivity index (χ0n) is 14.3.